The highest BCUT2D eigenvalue weighted by atomic mass is 79.9. The molecule has 0 saturated heterocycles. The summed E-state index contributed by atoms with van der Waals surface area (Å²) in [7, 11) is 0. The number of halogens is 1. The topological polar surface area (TPSA) is 58.4 Å². The van der Waals surface area contributed by atoms with Gasteiger partial charge in [0.2, 0.25) is 5.91 Å². The van der Waals surface area contributed by atoms with Crippen LogP contribution in [0.25, 0.3) is 0 Å². The lowest BCUT2D eigenvalue weighted by Gasteiger charge is -2.36. The Morgan fingerprint density at radius 1 is 1.50 bits per heavy atom. The predicted octanol–water partition coefficient (Wildman–Crippen LogP) is 2.19. The average Bonchev–Trinajstić information content (AvgIpc) is 2.27. The van der Waals surface area contributed by atoms with Gasteiger partial charge in [0.05, 0.1) is 17.9 Å². The van der Waals surface area contributed by atoms with Crippen molar-refractivity contribution in [1.29, 1.82) is 0 Å². The van der Waals surface area contributed by atoms with Gasteiger partial charge >= 0.3 is 0 Å². The van der Waals surface area contributed by atoms with Crippen LogP contribution in [0.2, 0.25) is 0 Å². The van der Waals surface area contributed by atoms with Crippen molar-refractivity contribution in [1.82, 2.24) is 0 Å². The van der Waals surface area contributed by atoms with Crippen LogP contribution in [-0.4, -0.2) is 25.5 Å². The zero-order valence-corrected chi connectivity index (χ0v) is 12.3. The second-order valence-electron chi connectivity index (χ2n) is 5.43. The third kappa shape index (κ3) is 2.84. The number of nitrogens with one attached hydrogen (secondary N) is 1. The molecule has 0 aromatic heterocycles. The molecule has 1 heterocycles. The summed E-state index contributed by atoms with van der Waals surface area (Å²) >= 11 is 3.42. The van der Waals surface area contributed by atoms with Gasteiger partial charge in [0.25, 0.3) is 0 Å². The maximum Gasteiger partial charge on any atom is 0.243 e. The van der Waals surface area contributed by atoms with E-state index in [0.717, 1.165) is 22.4 Å². The molecule has 0 unspecified atom stereocenters. The molecule has 1 aromatic carbocycles. The van der Waals surface area contributed by atoms with Crippen LogP contribution in [0.15, 0.2) is 22.7 Å². The second kappa shape index (κ2) is 4.90. The van der Waals surface area contributed by atoms with Gasteiger partial charge in [-0.1, -0.05) is 29.8 Å². The van der Waals surface area contributed by atoms with Gasteiger partial charge in [-0.05, 0) is 30.2 Å². The zero-order chi connectivity index (χ0) is 13.3. The molecule has 0 saturated carbocycles. The Balaban J connectivity index is 2.31. The van der Waals surface area contributed by atoms with E-state index in [0.29, 0.717) is 13.1 Å². The van der Waals surface area contributed by atoms with Crippen LogP contribution in [-0.2, 0) is 4.79 Å². The van der Waals surface area contributed by atoms with E-state index >= 15 is 0 Å². The molecular formula is C13H18BrN3O. The number of carbonyl (C=O) groups excluding carboxylic acids is 1. The van der Waals surface area contributed by atoms with Crippen molar-refractivity contribution in [2.45, 2.75) is 13.8 Å². The van der Waals surface area contributed by atoms with E-state index in [4.69, 9.17) is 5.73 Å². The number of benzene rings is 1. The number of carbonyl (C=O) groups is 1. The summed E-state index contributed by atoms with van der Waals surface area (Å²) in [6.45, 7) is 5.97. The van der Waals surface area contributed by atoms with E-state index in [-0.39, 0.29) is 11.3 Å². The summed E-state index contributed by atoms with van der Waals surface area (Å²) in [5.41, 5.74) is 7.67. The lowest BCUT2D eigenvalue weighted by atomic mass is 9.92. The molecule has 5 heteroatoms. The number of hydrogen-bond acceptors (Lipinski definition) is 3. The standard InChI is InChI=1S/C13H18BrN3O/c1-13(2,7-15)8-17-6-12(18)16-10-5-9(14)3-4-11(10)17/h3-5H,6-8,15H2,1-2H3,(H,16,18). The van der Waals surface area contributed by atoms with Gasteiger partial charge in [0, 0.05) is 11.0 Å². The molecule has 98 valence electrons. The number of nitrogens with two attached hydrogens (primary N) is 1. The van der Waals surface area contributed by atoms with Crippen molar-refractivity contribution in [2.24, 2.45) is 11.1 Å². The molecule has 0 fully saturated rings. The van der Waals surface area contributed by atoms with Gasteiger partial charge in [-0.25, -0.2) is 0 Å². The van der Waals surface area contributed by atoms with Crippen molar-refractivity contribution >= 4 is 33.2 Å². The second-order valence-corrected chi connectivity index (χ2v) is 6.35. The van der Waals surface area contributed by atoms with Crippen LogP contribution in [0.4, 0.5) is 11.4 Å². The first-order valence-corrected chi connectivity index (χ1v) is 6.75. The Kier molecular flexibility index (Phi) is 3.64. The number of anilines is 2. The van der Waals surface area contributed by atoms with Gasteiger partial charge in [0.1, 0.15) is 0 Å². The molecule has 1 aliphatic rings. The smallest absolute Gasteiger partial charge is 0.243 e. The average molecular weight is 312 g/mol. The van der Waals surface area contributed by atoms with Crippen LogP contribution >= 0.6 is 15.9 Å². The lowest BCUT2D eigenvalue weighted by molar-refractivity contribution is -0.115. The number of hydrogen-bond donors (Lipinski definition) is 2. The highest BCUT2D eigenvalue weighted by Gasteiger charge is 2.27. The van der Waals surface area contributed by atoms with E-state index in [9.17, 15) is 4.79 Å². The van der Waals surface area contributed by atoms with Gasteiger partial charge in [0.15, 0.2) is 0 Å². The molecular weight excluding hydrogens is 294 g/mol. The van der Waals surface area contributed by atoms with Gasteiger partial charge in [-0.2, -0.15) is 0 Å². The molecule has 0 bridgehead atoms. The SMILES string of the molecule is CC(C)(CN)CN1CC(=O)Nc2cc(Br)ccc21. The Hall–Kier alpha value is -1.07. The van der Waals surface area contributed by atoms with E-state index < -0.39 is 0 Å². The summed E-state index contributed by atoms with van der Waals surface area (Å²) in [5, 5.41) is 2.89. The molecule has 1 amide bonds. The number of nitrogens with zero attached hydrogens (tertiary/aromatic N) is 1. The minimum atomic E-state index is -0.0119. The molecule has 1 aromatic rings. The summed E-state index contributed by atoms with van der Waals surface area (Å²) in [6.07, 6.45) is 0. The van der Waals surface area contributed by atoms with Gasteiger partial charge in [-0.15, -0.1) is 0 Å². The maximum absolute atomic E-state index is 11.7. The Labute approximate surface area is 116 Å². The van der Waals surface area contributed by atoms with Crippen LogP contribution in [0, 0.1) is 5.41 Å². The summed E-state index contributed by atoms with van der Waals surface area (Å²) in [6, 6.07) is 5.93. The molecule has 4 nitrogen and oxygen atoms in total. The Morgan fingerprint density at radius 3 is 2.89 bits per heavy atom. The molecule has 1 aliphatic heterocycles. The van der Waals surface area contributed by atoms with Crippen molar-refractivity contribution in [3.63, 3.8) is 0 Å². The lowest BCUT2D eigenvalue weighted by Crippen LogP contribution is -2.45. The first-order valence-electron chi connectivity index (χ1n) is 5.96. The molecule has 18 heavy (non-hydrogen) atoms. The van der Waals surface area contributed by atoms with Crippen LogP contribution in [0.1, 0.15) is 13.8 Å². The van der Waals surface area contributed by atoms with Crippen molar-refractivity contribution in [2.75, 3.05) is 29.9 Å². The Morgan fingerprint density at radius 2 is 2.22 bits per heavy atom. The molecule has 0 aliphatic carbocycles. The minimum Gasteiger partial charge on any atom is -0.360 e. The maximum atomic E-state index is 11.7. The normalized spacial score (nSPS) is 15.3. The highest BCUT2D eigenvalue weighted by molar-refractivity contribution is 9.10. The van der Waals surface area contributed by atoms with Gasteiger partial charge in [-0.3, -0.25) is 4.79 Å². The van der Waals surface area contributed by atoms with Crippen LogP contribution in [0.3, 0.4) is 0 Å². The molecule has 0 atom stereocenters. The third-order valence-electron chi connectivity index (χ3n) is 3.08. The fraction of sp³-hybridized carbons (Fsp3) is 0.462. The molecule has 2 rings (SSSR count). The van der Waals surface area contributed by atoms with Crippen molar-refractivity contribution < 1.29 is 4.79 Å². The number of fused-ring (bicyclic) bond motifs is 1. The number of amides is 1. The van der Waals surface area contributed by atoms with Crippen molar-refractivity contribution in [3.8, 4) is 0 Å². The largest absolute Gasteiger partial charge is 0.360 e. The summed E-state index contributed by atoms with van der Waals surface area (Å²) in [5.74, 6) is 0.0217. The fourth-order valence-electron chi connectivity index (χ4n) is 2.05. The van der Waals surface area contributed by atoms with E-state index in [1.54, 1.807) is 0 Å². The van der Waals surface area contributed by atoms with E-state index in [1.807, 2.05) is 18.2 Å². The Bertz CT molecular complexity index is 473. The third-order valence-corrected chi connectivity index (χ3v) is 3.57. The fourth-order valence-corrected chi connectivity index (χ4v) is 2.42. The number of rotatable bonds is 3. The first-order chi connectivity index (χ1) is 8.41. The molecule has 3 N–H and O–H groups in total. The summed E-state index contributed by atoms with van der Waals surface area (Å²) < 4.78 is 0.960. The highest BCUT2D eigenvalue weighted by Crippen LogP contribution is 2.33. The van der Waals surface area contributed by atoms with E-state index in [1.165, 1.54) is 0 Å². The monoisotopic (exact) mass is 311 g/mol. The molecule has 0 radical (unpaired) electrons. The quantitative estimate of drug-likeness (QED) is 0.899. The summed E-state index contributed by atoms with van der Waals surface area (Å²) in [4.78, 5) is 13.8. The van der Waals surface area contributed by atoms with Gasteiger partial charge < -0.3 is 16.0 Å². The van der Waals surface area contributed by atoms with Crippen molar-refractivity contribution in [3.05, 3.63) is 22.7 Å². The van der Waals surface area contributed by atoms with Crippen LogP contribution in [0.5, 0.6) is 0 Å². The first kappa shape index (κ1) is 13.4. The minimum absolute atomic E-state index is 0.0119. The van der Waals surface area contributed by atoms with E-state index in [2.05, 4.69) is 40.0 Å². The zero-order valence-electron chi connectivity index (χ0n) is 10.7. The molecule has 0 spiro atoms. The van der Waals surface area contributed by atoms with Crippen LogP contribution < -0.4 is 16.0 Å². The predicted molar refractivity (Wildman–Crippen MR) is 77.8 cm³/mol.